The number of ether oxygens (including phenoxy) is 1. The van der Waals surface area contributed by atoms with E-state index in [1.807, 2.05) is 37.3 Å². The smallest absolute Gasteiger partial charge is 0.349 e. The number of rotatable bonds is 6. The van der Waals surface area contributed by atoms with Crippen LogP contribution in [-0.2, 0) is 11.3 Å². The van der Waals surface area contributed by atoms with Crippen LogP contribution < -0.4 is 4.90 Å². The number of aliphatic hydroxyl groups excluding tert-OH is 1. The Morgan fingerprint density at radius 1 is 1.30 bits per heavy atom. The summed E-state index contributed by atoms with van der Waals surface area (Å²) in [6.07, 6.45) is 3.86. The Morgan fingerprint density at radius 3 is 2.87 bits per heavy atom. The normalized spacial score (nSPS) is 16.8. The van der Waals surface area contributed by atoms with Crippen LogP contribution in [0.1, 0.15) is 46.5 Å². The molecule has 3 heterocycles. The van der Waals surface area contributed by atoms with Crippen molar-refractivity contribution in [1.82, 2.24) is 9.97 Å². The number of anilines is 1. The first-order chi connectivity index (χ1) is 14.6. The van der Waals surface area contributed by atoms with Crippen LogP contribution in [-0.4, -0.2) is 40.2 Å². The molecule has 0 amide bonds. The molecule has 1 fully saturated rings. The third-order valence-electron chi connectivity index (χ3n) is 5.50. The molecule has 0 spiro atoms. The lowest BCUT2D eigenvalue weighted by molar-refractivity contribution is 0.0478. The summed E-state index contributed by atoms with van der Waals surface area (Å²) in [7, 11) is 0. The minimum absolute atomic E-state index is 0.128. The summed E-state index contributed by atoms with van der Waals surface area (Å²) in [6, 6.07) is 9.80. The molecule has 1 aliphatic rings. The summed E-state index contributed by atoms with van der Waals surface area (Å²) in [5.41, 5.74) is 1.75. The molecule has 8 heteroatoms. The SMILES string of the molecule is Cc1c(C(=O)OCc2ccccc2)sc2nc(Cl)nc(N3CCCCC3CCO)c12. The fourth-order valence-corrected chi connectivity index (χ4v) is 5.30. The first-order valence-electron chi connectivity index (χ1n) is 10.1. The molecule has 0 aliphatic carbocycles. The van der Waals surface area contributed by atoms with Crippen molar-refractivity contribution < 1.29 is 14.6 Å². The Kier molecular flexibility index (Phi) is 6.51. The third-order valence-corrected chi connectivity index (χ3v) is 6.84. The number of hydrogen-bond donors (Lipinski definition) is 1. The monoisotopic (exact) mass is 445 g/mol. The third kappa shape index (κ3) is 4.29. The average molecular weight is 446 g/mol. The lowest BCUT2D eigenvalue weighted by atomic mass is 9.99. The van der Waals surface area contributed by atoms with Crippen LogP contribution >= 0.6 is 22.9 Å². The van der Waals surface area contributed by atoms with Crippen molar-refractivity contribution in [2.75, 3.05) is 18.1 Å². The molecule has 30 heavy (non-hydrogen) atoms. The Morgan fingerprint density at radius 2 is 2.10 bits per heavy atom. The highest BCUT2D eigenvalue weighted by Gasteiger charge is 2.28. The number of aryl methyl sites for hydroxylation is 1. The van der Waals surface area contributed by atoms with Gasteiger partial charge in [0, 0.05) is 19.2 Å². The quantitative estimate of drug-likeness (QED) is 0.436. The molecule has 0 saturated carbocycles. The lowest BCUT2D eigenvalue weighted by Gasteiger charge is -2.37. The Labute approximate surface area is 184 Å². The van der Waals surface area contributed by atoms with E-state index in [9.17, 15) is 9.90 Å². The van der Waals surface area contributed by atoms with Crippen LogP contribution in [0.2, 0.25) is 5.28 Å². The van der Waals surface area contributed by atoms with E-state index in [1.165, 1.54) is 11.3 Å². The van der Waals surface area contributed by atoms with Gasteiger partial charge in [-0.05, 0) is 55.3 Å². The standard InChI is InChI=1S/C22H24ClN3O3S/c1-14-17-19(26-11-6-5-9-16(26)10-12-27)24-22(23)25-20(17)30-18(14)21(28)29-13-15-7-3-2-4-8-15/h2-4,7-8,16,27H,5-6,9-13H2,1H3. The molecular weight excluding hydrogens is 422 g/mol. The number of fused-ring (bicyclic) bond motifs is 1. The number of carbonyl (C=O) groups is 1. The van der Waals surface area contributed by atoms with E-state index in [2.05, 4.69) is 14.9 Å². The van der Waals surface area contributed by atoms with E-state index in [0.717, 1.165) is 48.1 Å². The maximum Gasteiger partial charge on any atom is 0.349 e. The van der Waals surface area contributed by atoms with E-state index < -0.39 is 0 Å². The molecule has 4 rings (SSSR count). The van der Waals surface area contributed by atoms with E-state index in [4.69, 9.17) is 16.3 Å². The maximum absolute atomic E-state index is 12.8. The number of halogens is 1. The number of carbonyl (C=O) groups excluding carboxylic acids is 1. The molecule has 0 bridgehead atoms. The van der Waals surface area contributed by atoms with Crippen LogP contribution in [0.4, 0.5) is 5.82 Å². The molecule has 0 radical (unpaired) electrons. The fraction of sp³-hybridized carbons (Fsp3) is 0.409. The summed E-state index contributed by atoms with van der Waals surface area (Å²) in [6.45, 7) is 3.10. The second-order valence-electron chi connectivity index (χ2n) is 7.47. The molecule has 2 aromatic heterocycles. The Balaban J connectivity index is 1.68. The number of hydrogen-bond acceptors (Lipinski definition) is 7. The van der Waals surface area contributed by atoms with Crippen LogP contribution in [0.5, 0.6) is 0 Å². The highest BCUT2D eigenvalue weighted by molar-refractivity contribution is 7.20. The number of benzene rings is 1. The van der Waals surface area contributed by atoms with Crippen molar-refractivity contribution in [3.8, 4) is 0 Å². The second-order valence-corrected chi connectivity index (χ2v) is 8.81. The molecule has 1 aliphatic heterocycles. The van der Waals surface area contributed by atoms with Crippen molar-refractivity contribution in [2.24, 2.45) is 0 Å². The molecule has 1 N–H and O–H groups in total. The fourth-order valence-electron chi connectivity index (χ4n) is 4.01. The predicted octanol–water partition coefficient (Wildman–Crippen LogP) is 4.75. The number of piperidine rings is 1. The van der Waals surface area contributed by atoms with Gasteiger partial charge in [-0.2, -0.15) is 4.98 Å². The zero-order valence-corrected chi connectivity index (χ0v) is 18.4. The van der Waals surface area contributed by atoms with Gasteiger partial charge in [0.05, 0.1) is 5.39 Å². The highest BCUT2D eigenvalue weighted by Crippen LogP contribution is 2.39. The molecular formula is C22H24ClN3O3S. The summed E-state index contributed by atoms with van der Waals surface area (Å²) in [5, 5.41) is 10.5. The first-order valence-corrected chi connectivity index (χ1v) is 11.3. The topological polar surface area (TPSA) is 75.5 Å². The van der Waals surface area contributed by atoms with Crippen LogP contribution in [0.15, 0.2) is 30.3 Å². The Bertz CT molecular complexity index is 1040. The number of aliphatic hydroxyl groups is 1. The number of thiophene rings is 1. The van der Waals surface area contributed by atoms with Crippen LogP contribution in [0, 0.1) is 6.92 Å². The summed E-state index contributed by atoms with van der Waals surface area (Å²) in [5.74, 6) is 0.381. The molecule has 1 aromatic carbocycles. The molecule has 158 valence electrons. The van der Waals surface area contributed by atoms with Crippen molar-refractivity contribution in [3.05, 3.63) is 51.6 Å². The van der Waals surface area contributed by atoms with Gasteiger partial charge in [0.25, 0.3) is 0 Å². The molecule has 3 aromatic rings. The number of aromatic nitrogens is 2. The number of esters is 1. The zero-order chi connectivity index (χ0) is 21.1. The molecule has 6 nitrogen and oxygen atoms in total. The minimum Gasteiger partial charge on any atom is -0.457 e. The zero-order valence-electron chi connectivity index (χ0n) is 16.8. The van der Waals surface area contributed by atoms with E-state index in [0.29, 0.717) is 16.1 Å². The van der Waals surface area contributed by atoms with Crippen LogP contribution in [0.3, 0.4) is 0 Å². The van der Waals surface area contributed by atoms with Gasteiger partial charge >= 0.3 is 5.97 Å². The van der Waals surface area contributed by atoms with Gasteiger partial charge in [-0.1, -0.05) is 30.3 Å². The molecule has 1 unspecified atom stereocenters. The summed E-state index contributed by atoms with van der Waals surface area (Å²) < 4.78 is 5.54. The summed E-state index contributed by atoms with van der Waals surface area (Å²) >= 11 is 7.53. The molecule has 1 saturated heterocycles. The van der Waals surface area contributed by atoms with Crippen molar-refractivity contribution in [1.29, 1.82) is 0 Å². The van der Waals surface area contributed by atoms with Crippen LogP contribution in [0.25, 0.3) is 10.2 Å². The van der Waals surface area contributed by atoms with Gasteiger partial charge in [0.2, 0.25) is 5.28 Å². The van der Waals surface area contributed by atoms with Gasteiger partial charge in [-0.15, -0.1) is 11.3 Å². The van der Waals surface area contributed by atoms with Crippen molar-refractivity contribution in [2.45, 2.75) is 45.3 Å². The first kappa shape index (κ1) is 21.0. The largest absolute Gasteiger partial charge is 0.457 e. The van der Waals surface area contributed by atoms with Gasteiger partial charge in [-0.25, -0.2) is 9.78 Å². The molecule has 1 atom stereocenters. The van der Waals surface area contributed by atoms with Gasteiger partial charge < -0.3 is 14.7 Å². The maximum atomic E-state index is 12.8. The van der Waals surface area contributed by atoms with E-state index in [1.54, 1.807) is 0 Å². The van der Waals surface area contributed by atoms with Gasteiger partial charge in [0.1, 0.15) is 22.1 Å². The van der Waals surface area contributed by atoms with Crippen molar-refractivity contribution >= 4 is 44.9 Å². The second kappa shape index (κ2) is 9.29. The number of nitrogens with zero attached hydrogens (tertiary/aromatic N) is 3. The van der Waals surface area contributed by atoms with Gasteiger partial charge in [-0.3, -0.25) is 0 Å². The highest BCUT2D eigenvalue weighted by atomic mass is 35.5. The van der Waals surface area contributed by atoms with Crippen molar-refractivity contribution in [3.63, 3.8) is 0 Å². The van der Waals surface area contributed by atoms with E-state index >= 15 is 0 Å². The van der Waals surface area contributed by atoms with Gasteiger partial charge in [0.15, 0.2) is 0 Å². The lowest BCUT2D eigenvalue weighted by Crippen LogP contribution is -2.40. The Hall–Kier alpha value is -2.22. The minimum atomic E-state index is -0.369. The predicted molar refractivity (Wildman–Crippen MR) is 119 cm³/mol. The summed E-state index contributed by atoms with van der Waals surface area (Å²) in [4.78, 5) is 25.1. The van der Waals surface area contributed by atoms with E-state index in [-0.39, 0.29) is 30.5 Å². The average Bonchev–Trinajstić information content (AvgIpc) is 3.09.